The van der Waals surface area contributed by atoms with Gasteiger partial charge < -0.3 is 15.3 Å². The van der Waals surface area contributed by atoms with Gasteiger partial charge in [0.2, 0.25) is 0 Å². The van der Waals surface area contributed by atoms with E-state index in [9.17, 15) is 14.7 Å². The summed E-state index contributed by atoms with van der Waals surface area (Å²) in [6, 6.07) is 21.5. The van der Waals surface area contributed by atoms with Crippen LogP contribution in [0.3, 0.4) is 0 Å². The van der Waals surface area contributed by atoms with E-state index in [4.69, 9.17) is 0 Å². The van der Waals surface area contributed by atoms with Crippen LogP contribution in [0.1, 0.15) is 43.0 Å². The fraction of sp³-hybridized carbons (Fsp3) is 0.310. The van der Waals surface area contributed by atoms with Crippen LogP contribution in [-0.4, -0.2) is 59.0 Å². The molecule has 7 heteroatoms. The highest BCUT2D eigenvalue weighted by Gasteiger charge is 2.23. The maximum absolute atomic E-state index is 12.9. The minimum absolute atomic E-state index is 0.0150. The van der Waals surface area contributed by atoms with Crippen LogP contribution >= 0.6 is 15.9 Å². The number of nitrogens with one attached hydrogen (secondary N) is 1. The molecule has 2 amide bonds. The zero-order chi connectivity index (χ0) is 25.1. The lowest BCUT2D eigenvalue weighted by Crippen LogP contribution is -2.42. The standard InChI is InChI=1S/C29H30BrN3O3/c30-26-9-7-21(8-10-26)29(36)33-14-12-22-15-23(5-6-25(22)18-33)28(35)31-16-27(34)19-32-13-11-20-3-1-2-4-24(20)17-32/h1-10,15,27,34H,11-14,16-19H2,(H,31,35). The summed E-state index contributed by atoms with van der Waals surface area (Å²) in [5.41, 5.74) is 6.10. The molecule has 1 atom stereocenters. The Morgan fingerprint density at radius 1 is 0.861 bits per heavy atom. The Bertz CT molecular complexity index is 1260. The first-order valence-corrected chi connectivity index (χ1v) is 13.2. The van der Waals surface area contributed by atoms with Crippen molar-refractivity contribution in [2.45, 2.75) is 32.0 Å². The van der Waals surface area contributed by atoms with Gasteiger partial charge in [-0.3, -0.25) is 14.5 Å². The summed E-state index contributed by atoms with van der Waals surface area (Å²) < 4.78 is 0.943. The second-order valence-electron chi connectivity index (χ2n) is 9.58. The molecule has 5 rings (SSSR count). The number of rotatable bonds is 6. The summed E-state index contributed by atoms with van der Waals surface area (Å²) in [6.07, 6.45) is 1.06. The van der Waals surface area contributed by atoms with Crippen LogP contribution in [0.4, 0.5) is 0 Å². The van der Waals surface area contributed by atoms with Crippen molar-refractivity contribution in [3.8, 4) is 0 Å². The first kappa shape index (κ1) is 24.7. The number of fused-ring (bicyclic) bond motifs is 2. The molecule has 186 valence electrons. The second kappa shape index (κ2) is 10.9. The average molecular weight is 548 g/mol. The summed E-state index contributed by atoms with van der Waals surface area (Å²) >= 11 is 3.40. The maximum atomic E-state index is 12.9. The highest BCUT2D eigenvalue weighted by molar-refractivity contribution is 9.10. The zero-order valence-electron chi connectivity index (χ0n) is 20.1. The number of hydrogen-bond donors (Lipinski definition) is 2. The fourth-order valence-electron chi connectivity index (χ4n) is 5.03. The molecule has 2 aliphatic rings. The van der Waals surface area contributed by atoms with Gasteiger partial charge in [0.15, 0.2) is 0 Å². The molecule has 3 aromatic rings. The van der Waals surface area contributed by atoms with Crippen molar-refractivity contribution < 1.29 is 14.7 Å². The number of aliphatic hydroxyl groups is 1. The largest absolute Gasteiger partial charge is 0.390 e. The minimum atomic E-state index is -0.630. The molecular formula is C29H30BrN3O3. The normalized spacial score (nSPS) is 16.1. The van der Waals surface area contributed by atoms with Gasteiger partial charge in [-0.2, -0.15) is 0 Å². The fourth-order valence-corrected chi connectivity index (χ4v) is 5.29. The Balaban J connectivity index is 1.13. The number of benzene rings is 3. The molecule has 0 spiro atoms. The summed E-state index contributed by atoms with van der Waals surface area (Å²) in [5.74, 6) is -0.171. The first-order valence-electron chi connectivity index (χ1n) is 12.4. The minimum Gasteiger partial charge on any atom is -0.390 e. The van der Waals surface area contributed by atoms with E-state index in [1.54, 1.807) is 6.07 Å². The third-order valence-electron chi connectivity index (χ3n) is 7.04. The van der Waals surface area contributed by atoms with E-state index < -0.39 is 6.10 Å². The lowest BCUT2D eigenvalue weighted by Gasteiger charge is -2.30. The molecule has 6 nitrogen and oxygen atoms in total. The van der Waals surface area contributed by atoms with Crippen LogP contribution in [0.2, 0.25) is 0 Å². The number of amides is 2. The Labute approximate surface area is 220 Å². The highest BCUT2D eigenvalue weighted by atomic mass is 79.9. The molecule has 0 saturated carbocycles. The summed E-state index contributed by atoms with van der Waals surface area (Å²) in [4.78, 5) is 29.7. The highest BCUT2D eigenvalue weighted by Crippen LogP contribution is 2.23. The summed E-state index contributed by atoms with van der Waals surface area (Å²) in [7, 11) is 0. The third kappa shape index (κ3) is 5.69. The molecule has 3 aromatic carbocycles. The van der Waals surface area contributed by atoms with Gasteiger partial charge in [-0.05, 0) is 71.5 Å². The number of nitrogens with zero attached hydrogens (tertiary/aromatic N) is 2. The lowest BCUT2D eigenvalue weighted by molar-refractivity contribution is 0.0734. The van der Waals surface area contributed by atoms with Crippen molar-refractivity contribution >= 4 is 27.7 Å². The molecule has 36 heavy (non-hydrogen) atoms. The number of carbonyl (C=O) groups is 2. The van der Waals surface area contributed by atoms with E-state index in [0.717, 1.165) is 35.1 Å². The predicted octanol–water partition coefficient (Wildman–Crippen LogP) is 3.80. The van der Waals surface area contributed by atoms with Crippen LogP contribution in [-0.2, 0) is 25.9 Å². The van der Waals surface area contributed by atoms with E-state index >= 15 is 0 Å². The van der Waals surface area contributed by atoms with Gasteiger partial charge >= 0.3 is 0 Å². The van der Waals surface area contributed by atoms with E-state index in [0.29, 0.717) is 37.2 Å². The summed E-state index contributed by atoms with van der Waals surface area (Å²) in [6.45, 7) is 3.63. The van der Waals surface area contributed by atoms with Crippen LogP contribution in [0.25, 0.3) is 0 Å². The Morgan fingerprint density at radius 3 is 2.36 bits per heavy atom. The first-order chi connectivity index (χ1) is 17.5. The van der Waals surface area contributed by atoms with E-state index in [1.807, 2.05) is 41.3 Å². The van der Waals surface area contributed by atoms with Crippen molar-refractivity contribution in [2.24, 2.45) is 0 Å². The number of halogens is 1. The zero-order valence-corrected chi connectivity index (χ0v) is 21.7. The number of aliphatic hydroxyl groups excluding tert-OH is 1. The van der Waals surface area contributed by atoms with Crippen molar-refractivity contribution in [2.75, 3.05) is 26.2 Å². The molecule has 2 heterocycles. The SMILES string of the molecule is O=C(NCC(O)CN1CCc2ccccc2C1)c1ccc2c(c1)CCN(C(=O)c1ccc(Br)cc1)C2. The molecule has 1 unspecified atom stereocenters. The second-order valence-corrected chi connectivity index (χ2v) is 10.5. The van der Waals surface area contributed by atoms with Crippen LogP contribution in [0.15, 0.2) is 71.2 Å². The molecule has 2 aliphatic heterocycles. The summed E-state index contributed by atoms with van der Waals surface area (Å²) in [5, 5.41) is 13.4. The average Bonchev–Trinajstić information content (AvgIpc) is 2.91. The van der Waals surface area contributed by atoms with Crippen LogP contribution < -0.4 is 5.32 Å². The van der Waals surface area contributed by atoms with Gasteiger partial charge in [-0.15, -0.1) is 0 Å². The van der Waals surface area contributed by atoms with Gasteiger partial charge in [0.25, 0.3) is 11.8 Å². The van der Waals surface area contributed by atoms with Gasteiger partial charge in [-0.1, -0.05) is 46.3 Å². The number of hydrogen-bond acceptors (Lipinski definition) is 4. The van der Waals surface area contributed by atoms with Gasteiger partial charge in [0.1, 0.15) is 0 Å². The molecule has 0 radical (unpaired) electrons. The molecule has 0 saturated heterocycles. The number of β-amino-alcohol motifs (C(OH)–C–C–N with tert-alkyl or cyclic N) is 1. The van der Waals surface area contributed by atoms with Crippen molar-refractivity contribution in [1.82, 2.24) is 15.1 Å². The van der Waals surface area contributed by atoms with Crippen molar-refractivity contribution in [1.29, 1.82) is 0 Å². The van der Waals surface area contributed by atoms with E-state index in [1.165, 1.54) is 11.1 Å². The number of carbonyl (C=O) groups excluding carboxylic acids is 2. The van der Waals surface area contributed by atoms with Gasteiger partial charge in [0.05, 0.1) is 6.10 Å². The molecule has 0 bridgehead atoms. The Hall–Kier alpha value is -3.00. The molecule has 0 aromatic heterocycles. The van der Waals surface area contributed by atoms with Crippen LogP contribution in [0, 0.1) is 0 Å². The van der Waals surface area contributed by atoms with E-state index in [2.05, 4.69) is 50.4 Å². The van der Waals surface area contributed by atoms with Crippen LogP contribution in [0.5, 0.6) is 0 Å². The monoisotopic (exact) mass is 547 g/mol. The topological polar surface area (TPSA) is 72.9 Å². The van der Waals surface area contributed by atoms with Gasteiger partial charge in [-0.25, -0.2) is 0 Å². The Kier molecular flexibility index (Phi) is 7.51. The Morgan fingerprint density at radius 2 is 1.56 bits per heavy atom. The quantitative estimate of drug-likeness (QED) is 0.492. The van der Waals surface area contributed by atoms with Crippen molar-refractivity contribution in [3.05, 3.63) is 105 Å². The third-order valence-corrected chi connectivity index (χ3v) is 7.56. The smallest absolute Gasteiger partial charge is 0.254 e. The predicted molar refractivity (Wildman–Crippen MR) is 143 cm³/mol. The van der Waals surface area contributed by atoms with E-state index in [-0.39, 0.29) is 18.4 Å². The molecular weight excluding hydrogens is 518 g/mol. The van der Waals surface area contributed by atoms with Gasteiger partial charge in [0, 0.05) is 54.9 Å². The maximum Gasteiger partial charge on any atom is 0.254 e. The molecule has 0 aliphatic carbocycles. The molecule has 0 fully saturated rings. The molecule has 2 N–H and O–H groups in total. The van der Waals surface area contributed by atoms with Crippen molar-refractivity contribution in [3.63, 3.8) is 0 Å². The lowest BCUT2D eigenvalue weighted by atomic mass is 9.96.